The van der Waals surface area contributed by atoms with Gasteiger partial charge in [0.2, 0.25) is 5.56 Å². The van der Waals surface area contributed by atoms with Crippen molar-refractivity contribution in [3.63, 3.8) is 0 Å². The second kappa shape index (κ2) is 4.49. The zero-order valence-electron chi connectivity index (χ0n) is 9.91. The fourth-order valence-corrected chi connectivity index (χ4v) is 2.91. The zero-order valence-corrected chi connectivity index (χ0v) is 9.91. The van der Waals surface area contributed by atoms with E-state index in [2.05, 4.69) is 22.5 Å². The molecule has 0 fully saturated rings. The highest BCUT2D eigenvalue weighted by Gasteiger charge is 2.23. The molecule has 1 aromatic rings. The van der Waals surface area contributed by atoms with E-state index in [0.717, 1.165) is 31.4 Å². The summed E-state index contributed by atoms with van der Waals surface area (Å²) in [5, 5.41) is 3.71. The number of fused-ring (bicyclic) bond motifs is 1. The molecular formula is C14H18N2O. The zero-order chi connectivity index (χ0) is 11.7. The number of hydrogen-bond acceptors (Lipinski definition) is 2. The number of aromatic nitrogens is 1. The van der Waals surface area contributed by atoms with Crippen molar-refractivity contribution in [2.75, 3.05) is 0 Å². The SMILES string of the molecule is O=c1ccc2c([nH]1)CCCC2NC1CC=CC1. The molecule has 1 heterocycles. The van der Waals surface area contributed by atoms with Gasteiger partial charge in [0, 0.05) is 23.8 Å². The minimum absolute atomic E-state index is 0.0203. The minimum atomic E-state index is 0.0203. The van der Waals surface area contributed by atoms with E-state index in [1.165, 1.54) is 12.0 Å². The standard InChI is InChI=1S/C14H18N2O/c17-14-9-8-11-12(6-3-7-13(11)16-14)15-10-4-1-2-5-10/h1-2,8-10,12,15H,3-7H2,(H,16,17). The number of aryl methyl sites for hydroxylation is 1. The molecule has 0 bridgehead atoms. The van der Waals surface area contributed by atoms with Gasteiger partial charge in [-0.1, -0.05) is 18.2 Å². The van der Waals surface area contributed by atoms with E-state index in [0.29, 0.717) is 12.1 Å². The maximum absolute atomic E-state index is 11.3. The lowest BCUT2D eigenvalue weighted by atomic mass is 9.90. The molecule has 0 saturated carbocycles. The van der Waals surface area contributed by atoms with Crippen molar-refractivity contribution >= 4 is 0 Å². The topological polar surface area (TPSA) is 44.9 Å². The van der Waals surface area contributed by atoms with E-state index in [1.807, 2.05) is 6.07 Å². The third-order valence-electron chi connectivity index (χ3n) is 3.78. The van der Waals surface area contributed by atoms with Crippen molar-refractivity contribution < 1.29 is 0 Å². The molecule has 3 nitrogen and oxygen atoms in total. The summed E-state index contributed by atoms with van der Waals surface area (Å²) < 4.78 is 0. The van der Waals surface area contributed by atoms with Gasteiger partial charge in [0.15, 0.2) is 0 Å². The van der Waals surface area contributed by atoms with Gasteiger partial charge in [0.05, 0.1) is 0 Å². The van der Waals surface area contributed by atoms with Gasteiger partial charge in [-0.05, 0) is 37.7 Å². The predicted octanol–water partition coefficient (Wildman–Crippen LogP) is 2.06. The first-order chi connectivity index (χ1) is 8.33. The summed E-state index contributed by atoms with van der Waals surface area (Å²) in [6, 6.07) is 4.64. The van der Waals surface area contributed by atoms with Crippen molar-refractivity contribution in [3.8, 4) is 0 Å². The molecule has 0 amide bonds. The summed E-state index contributed by atoms with van der Waals surface area (Å²) in [5.74, 6) is 0. The third kappa shape index (κ3) is 2.20. The van der Waals surface area contributed by atoms with Crippen molar-refractivity contribution in [1.82, 2.24) is 10.3 Å². The lowest BCUT2D eigenvalue weighted by molar-refractivity contribution is 0.400. The molecule has 2 N–H and O–H groups in total. The van der Waals surface area contributed by atoms with Crippen molar-refractivity contribution in [2.45, 2.75) is 44.2 Å². The summed E-state index contributed by atoms with van der Waals surface area (Å²) in [5.41, 5.74) is 2.45. The van der Waals surface area contributed by atoms with Crippen molar-refractivity contribution in [3.05, 3.63) is 45.9 Å². The molecule has 0 spiro atoms. The Morgan fingerprint density at radius 3 is 2.88 bits per heavy atom. The van der Waals surface area contributed by atoms with Crippen LogP contribution in [0, 0.1) is 0 Å². The van der Waals surface area contributed by atoms with Crippen LogP contribution in [0.15, 0.2) is 29.1 Å². The normalized spacial score (nSPS) is 23.9. The van der Waals surface area contributed by atoms with E-state index >= 15 is 0 Å². The Hall–Kier alpha value is -1.35. The first kappa shape index (κ1) is 10.8. The van der Waals surface area contributed by atoms with Crippen LogP contribution in [0.5, 0.6) is 0 Å². The van der Waals surface area contributed by atoms with Gasteiger partial charge in [-0.2, -0.15) is 0 Å². The lowest BCUT2D eigenvalue weighted by Gasteiger charge is -2.28. The van der Waals surface area contributed by atoms with Gasteiger partial charge in [0.25, 0.3) is 0 Å². The summed E-state index contributed by atoms with van der Waals surface area (Å²) in [4.78, 5) is 14.3. The Bertz CT molecular complexity index is 481. The highest BCUT2D eigenvalue weighted by atomic mass is 16.1. The Kier molecular flexibility index (Phi) is 2.85. The molecule has 3 rings (SSSR count). The number of hydrogen-bond donors (Lipinski definition) is 2. The molecular weight excluding hydrogens is 212 g/mol. The van der Waals surface area contributed by atoms with Gasteiger partial charge < -0.3 is 10.3 Å². The van der Waals surface area contributed by atoms with E-state index in [9.17, 15) is 4.79 Å². The van der Waals surface area contributed by atoms with Crippen LogP contribution in [0.4, 0.5) is 0 Å². The largest absolute Gasteiger partial charge is 0.326 e. The van der Waals surface area contributed by atoms with Crippen LogP contribution in [0.25, 0.3) is 0 Å². The maximum atomic E-state index is 11.3. The lowest BCUT2D eigenvalue weighted by Crippen LogP contribution is -2.33. The average Bonchev–Trinajstić information content (AvgIpc) is 2.82. The summed E-state index contributed by atoms with van der Waals surface area (Å²) in [6.07, 6.45) is 10.1. The van der Waals surface area contributed by atoms with Crippen LogP contribution in [-0.4, -0.2) is 11.0 Å². The predicted molar refractivity (Wildman–Crippen MR) is 68.0 cm³/mol. The maximum Gasteiger partial charge on any atom is 0.248 e. The Balaban J connectivity index is 1.81. The van der Waals surface area contributed by atoms with E-state index in [1.54, 1.807) is 6.07 Å². The van der Waals surface area contributed by atoms with Crippen LogP contribution in [0.1, 0.15) is 43.0 Å². The van der Waals surface area contributed by atoms with Gasteiger partial charge in [-0.15, -0.1) is 0 Å². The number of H-pyrrole nitrogens is 1. The molecule has 1 unspecified atom stereocenters. The first-order valence-corrected chi connectivity index (χ1v) is 6.46. The van der Waals surface area contributed by atoms with Crippen LogP contribution in [0.3, 0.4) is 0 Å². The quantitative estimate of drug-likeness (QED) is 0.764. The number of nitrogens with one attached hydrogen (secondary N) is 2. The molecule has 3 heteroatoms. The highest BCUT2D eigenvalue weighted by molar-refractivity contribution is 5.26. The summed E-state index contributed by atoms with van der Waals surface area (Å²) >= 11 is 0. The molecule has 0 aliphatic heterocycles. The van der Waals surface area contributed by atoms with Gasteiger partial charge in [-0.3, -0.25) is 4.79 Å². The average molecular weight is 230 g/mol. The van der Waals surface area contributed by atoms with E-state index < -0.39 is 0 Å². The molecule has 2 aliphatic carbocycles. The molecule has 0 radical (unpaired) electrons. The van der Waals surface area contributed by atoms with Gasteiger partial charge >= 0.3 is 0 Å². The molecule has 90 valence electrons. The molecule has 0 saturated heterocycles. The fraction of sp³-hybridized carbons (Fsp3) is 0.500. The molecule has 1 aromatic heterocycles. The molecule has 1 atom stereocenters. The highest BCUT2D eigenvalue weighted by Crippen LogP contribution is 2.29. The molecule has 2 aliphatic rings. The number of rotatable bonds is 2. The van der Waals surface area contributed by atoms with Crippen molar-refractivity contribution in [2.24, 2.45) is 0 Å². The molecule has 17 heavy (non-hydrogen) atoms. The summed E-state index contributed by atoms with van der Waals surface area (Å²) in [7, 11) is 0. The minimum Gasteiger partial charge on any atom is -0.326 e. The summed E-state index contributed by atoms with van der Waals surface area (Å²) in [6.45, 7) is 0. The number of pyridine rings is 1. The van der Waals surface area contributed by atoms with Crippen molar-refractivity contribution in [1.29, 1.82) is 0 Å². The Labute approximate surface area is 101 Å². The Morgan fingerprint density at radius 2 is 2.06 bits per heavy atom. The fourth-order valence-electron chi connectivity index (χ4n) is 2.91. The number of aromatic amines is 1. The van der Waals surface area contributed by atoms with Crippen LogP contribution < -0.4 is 10.9 Å². The van der Waals surface area contributed by atoms with Crippen LogP contribution in [0.2, 0.25) is 0 Å². The van der Waals surface area contributed by atoms with Gasteiger partial charge in [0.1, 0.15) is 0 Å². The monoisotopic (exact) mass is 230 g/mol. The molecule has 0 aromatic carbocycles. The van der Waals surface area contributed by atoms with E-state index in [-0.39, 0.29) is 5.56 Å². The van der Waals surface area contributed by atoms with Gasteiger partial charge in [-0.25, -0.2) is 0 Å². The van der Waals surface area contributed by atoms with E-state index in [4.69, 9.17) is 0 Å². The smallest absolute Gasteiger partial charge is 0.248 e. The third-order valence-corrected chi connectivity index (χ3v) is 3.78. The van der Waals surface area contributed by atoms with Crippen LogP contribution >= 0.6 is 0 Å². The van der Waals surface area contributed by atoms with Crippen LogP contribution in [-0.2, 0) is 6.42 Å². The second-order valence-corrected chi connectivity index (χ2v) is 5.01. The Morgan fingerprint density at radius 1 is 1.24 bits per heavy atom. The second-order valence-electron chi connectivity index (χ2n) is 5.01. The first-order valence-electron chi connectivity index (χ1n) is 6.46.